The van der Waals surface area contributed by atoms with Crippen LogP contribution in [0.5, 0.6) is 11.5 Å². The van der Waals surface area contributed by atoms with E-state index in [9.17, 15) is 4.79 Å². The number of nitrogens with one attached hydrogen (secondary N) is 1. The lowest BCUT2D eigenvalue weighted by Crippen LogP contribution is -2.24. The highest BCUT2D eigenvalue weighted by atomic mass is 16.5. The number of rotatable bonds is 8. The van der Waals surface area contributed by atoms with Gasteiger partial charge in [0.05, 0.1) is 25.5 Å². The van der Waals surface area contributed by atoms with Crippen molar-refractivity contribution in [1.82, 2.24) is 20.1 Å². The predicted octanol–water partition coefficient (Wildman–Crippen LogP) is 3.95. The zero-order valence-corrected chi connectivity index (χ0v) is 19.6. The highest BCUT2D eigenvalue weighted by Gasteiger charge is 2.22. The molecular weight excluding hydrogens is 430 g/mol. The number of carbonyl (C=O) groups excluding carboxylic acids is 1. The average Bonchev–Trinajstić information content (AvgIpc) is 3.33. The van der Waals surface area contributed by atoms with Crippen LogP contribution in [-0.2, 0) is 6.54 Å². The molecule has 0 saturated heterocycles. The Labute approximate surface area is 198 Å². The summed E-state index contributed by atoms with van der Waals surface area (Å²) >= 11 is 0. The summed E-state index contributed by atoms with van der Waals surface area (Å²) in [4.78, 5) is 19.7. The van der Waals surface area contributed by atoms with Crippen molar-refractivity contribution in [2.75, 3.05) is 33.2 Å². The second-order valence-corrected chi connectivity index (χ2v) is 7.80. The zero-order chi connectivity index (χ0) is 24.1. The molecule has 0 fully saturated rings. The first kappa shape index (κ1) is 22.8. The molecule has 8 heteroatoms. The van der Waals surface area contributed by atoms with Gasteiger partial charge in [-0.1, -0.05) is 24.3 Å². The van der Waals surface area contributed by atoms with Gasteiger partial charge in [-0.15, -0.1) is 0 Å². The number of pyridine rings is 1. The third kappa shape index (κ3) is 4.71. The molecule has 2 aromatic heterocycles. The van der Waals surface area contributed by atoms with Crippen LogP contribution in [0.3, 0.4) is 0 Å². The molecule has 0 bridgehead atoms. The smallest absolute Gasteiger partial charge is 0.255 e. The van der Waals surface area contributed by atoms with Gasteiger partial charge in [0.15, 0.2) is 0 Å². The molecular formula is C26H27N5O3. The number of anilines is 1. The van der Waals surface area contributed by atoms with Crippen LogP contribution in [0.25, 0.3) is 16.9 Å². The number of carbonyl (C=O) groups is 1. The van der Waals surface area contributed by atoms with E-state index in [0.29, 0.717) is 34.9 Å². The molecule has 2 aromatic carbocycles. The van der Waals surface area contributed by atoms with Crippen LogP contribution < -0.4 is 19.7 Å². The summed E-state index contributed by atoms with van der Waals surface area (Å²) in [5.74, 6) is 1.78. The summed E-state index contributed by atoms with van der Waals surface area (Å²) in [5, 5.41) is 7.78. The second-order valence-electron chi connectivity index (χ2n) is 7.80. The first-order chi connectivity index (χ1) is 16.5. The zero-order valence-electron chi connectivity index (χ0n) is 19.6. The van der Waals surface area contributed by atoms with Gasteiger partial charge in [-0.05, 0) is 36.4 Å². The number of methoxy groups -OCH3 is 2. The van der Waals surface area contributed by atoms with Crippen molar-refractivity contribution in [2.45, 2.75) is 6.54 Å². The van der Waals surface area contributed by atoms with Gasteiger partial charge >= 0.3 is 0 Å². The topological polar surface area (TPSA) is 81.5 Å². The third-order valence-corrected chi connectivity index (χ3v) is 5.37. The molecule has 1 N–H and O–H groups in total. The fourth-order valence-corrected chi connectivity index (χ4v) is 3.69. The molecule has 4 aromatic rings. The van der Waals surface area contributed by atoms with Crippen molar-refractivity contribution in [2.24, 2.45) is 0 Å². The minimum atomic E-state index is -0.254. The first-order valence-electron chi connectivity index (χ1n) is 10.8. The number of aromatic nitrogens is 3. The van der Waals surface area contributed by atoms with Crippen LogP contribution in [0.1, 0.15) is 15.9 Å². The first-order valence-corrected chi connectivity index (χ1v) is 10.8. The van der Waals surface area contributed by atoms with Gasteiger partial charge in [0.25, 0.3) is 5.91 Å². The molecule has 0 aliphatic heterocycles. The van der Waals surface area contributed by atoms with Gasteiger partial charge < -0.3 is 19.7 Å². The van der Waals surface area contributed by atoms with Crippen LogP contribution in [0.15, 0.2) is 73.1 Å². The van der Waals surface area contributed by atoms with E-state index in [0.717, 1.165) is 17.1 Å². The lowest BCUT2D eigenvalue weighted by atomic mass is 10.1. The molecule has 34 heavy (non-hydrogen) atoms. The maximum absolute atomic E-state index is 13.4. The van der Waals surface area contributed by atoms with Gasteiger partial charge in [-0.25, -0.2) is 9.67 Å². The maximum atomic E-state index is 13.4. The molecule has 0 aliphatic carbocycles. The van der Waals surface area contributed by atoms with Gasteiger partial charge in [0.1, 0.15) is 23.0 Å². The van der Waals surface area contributed by atoms with Gasteiger partial charge in [0, 0.05) is 44.2 Å². The molecule has 174 valence electrons. The van der Waals surface area contributed by atoms with Gasteiger partial charge in [-0.2, -0.15) is 5.10 Å². The normalized spacial score (nSPS) is 10.6. The van der Waals surface area contributed by atoms with Crippen LogP contribution in [0.4, 0.5) is 5.82 Å². The molecule has 0 unspecified atom stereocenters. The summed E-state index contributed by atoms with van der Waals surface area (Å²) in [7, 11) is 7.03. The highest BCUT2D eigenvalue weighted by Crippen LogP contribution is 2.35. The van der Waals surface area contributed by atoms with Crippen LogP contribution in [0.2, 0.25) is 0 Å². The Morgan fingerprint density at radius 2 is 1.82 bits per heavy atom. The monoisotopic (exact) mass is 457 g/mol. The quantitative estimate of drug-likeness (QED) is 0.432. The minimum absolute atomic E-state index is 0.254. The molecule has 1 amide bonds. The fraction of sp³-hybridized carbons (Fsp3) is 0.192. The van der Waals surface area contributed by atoms with E-state index in [-0.39, 0.29) is 5.91 Å². The minimum Gasteiger partial charge on any atom is -0.497 e. The maximum Gasteiger partial charge on any atom is 0.255 e. The van der Waals surface area contributed by atoms with E-state index < -0.39 is 0 Å². The van der Waals surface area contributed by atoms with E-state index in [1.807, 2.05) is 67.5 Å². The van der Waals surface area contributed by atoms with Crippen molar-refractivity contribution in [3.63, 3.8) is 0 Å². The van der Waals surface area contributed by atoms with E-state index in [2.05, 4.69) is 10.3 Å². The Hall–Kier alpha value is -4.33. The molecule has 0 radical (unpaired) electrons. The summed E-state index contributed by atoms with van der Waals surface area (Å²) in [6.45, 7) is 0.325. The average molecular weight is 458 g/mol. The standard InChI is InChI=1S/C26H27N5O3/c1-30(2)25-18(9-8-14-27-25)16-28-26(32)22-17-31(19-10-6-5-7-11-19)29-24(22)21-15-20(33-3)12-13-23(21)34-4/h5-15,17H,16H2,1-4H3,(H,28,32). The van der Waals surface area contributed by atoms with E-state index in [1.165, 1.54) is 0 Å². The molecule has 0 spiro atoms. The Kier molecular flexibility index (Phi) is 6.77. The number of nitrogens with zero attached hydrogens (tertiary/aromatic N) is 4. The fourth-order valence-electron chi connectivity index (χ4n) is 3.69. The molecule has 0 aliphatic rings. The van der Waals surface area contributed by atoms with Crippen LogP contribution in [0, 0.1) is 0 Å². The molecule has 0 atom stereocenters. The number of ether oxygens (including phenoxy) is 2. The summed E-state index contributed by atoms with van der Waals surface area (Å²) in [6.07, 6.45) is 3.47. The second kappa shape index (κ2) is 10.1. The van der Waals surface area contributed by atoms with E-state index in [1.54, 1.807) is 43.4 Å². The van der Waals surface area contributed by atoms with Crippen molar-refractivity contribution in [1.29, 1.82) is 0 Å². The van der Waals surface area contributed by atoms with Crippen molar-refractivity contribution in [3.8, 4) is 28.4 Å². The van der Waals surface area contributed by atoms with E-state index >= 15 is 0 Å². The number of benzene rings is 2. The van der Waals surface area contributed by atoms with Crippen molar-refractivity contribution in [3.05, 3.63) is 84.2 Å². The molecule has 2 heterocycles. The molecule has 0 saturated carbocycles. The number of hydrogen-bond donors (Lipinski definition) is 1. The predicted molar refractivity (Wildman–Crippen MR) is 132 cm³/mol. The van der Waals surface area contributed by atoms with E-state index in [4.69, 9.17) is 14.6 Å². The molecule has 8 nitrogen and oxygen atoms in total. The number of hydrogen-bond acceptors (Lipinski definition) is 6. The van der Waals surface area contributed by atoms with Crippen molar-refractivity contribution < 1.29 is 14.3 Å². The van der Waals surface area contributed by atoms with Gasteiger partial charge in [-0.3, -0.25) is 4.79 Å². The van der Waals surface area contributed by atoms with Crippen molar-refractivity contribution >= 4 is 11.7 Å². The lowest BCUT2D eigenvalue weighted by Gasteiger charge is -2.16. The van der Waals surface area contributed by atoms with Gasteiger partial charge in [0.2, 0.25) is 0 Å². The summed E-state index contributed by atoms with van der Waals surface area (Å²) < 4.78 is 12.7. The number of amides is 1. The SMILES string of the molecule is COc1ccc(OC)c(-c2nn(-c3ccccc3)cc2C(=O)NCc2cccnc2N(C)C)c1. The summed E-state index contributed by atoms with van der Waals surface area (Å²) in [5.41, 5.74) is 3.34. The summed E-state index contributed by atoms with van der Waals surface area (Å²) in [6, 6.07) is 18.9. The van der Waals surface area contributed by atoms with Crippen LogP contribution in [-0.4, -0.2) is 49.0 Å². The molecule has 4 rings (SSSR count). The Morgan fingerprint density at radius 3 is 2.53 bits per heavy atom. The lowest BCUT2D eigenvalue weighted by molar-refractivity contribution is 0.0951. The van der Waals surface area contributed by atoms with Crippen LogP contribution >= 0.6 is 0 Å². The largest absolute Gasteiger partial charge is 0.497 e. The number of para-hydroxylation sites is 1. The highest BCUT2D eigenvalue weighted by molar-refractivity contribution is 6.00. The third-order valence-electron chi connectivity index (χ3n) is 5.37. The Bertz CT molecular complexity index is 1280. The Morgan fingerprint density at radius 1 is 1.03 bits per heavy atom. The Balaban J connectivity index is 1.75.